The second-order valence-electron chi connectivity index (χ2n) is 6.03. The molecule has 2 rings (SSSR count). The van der Waals surface area contributed by atoms with Gasteiger partial charge in [0, 0.05) is 11.9 Å². The Balaban J connectivity index is 1.85. The number of ether oxygens (including phenoxy) is 1. The molecule has 0 saturated carbocycles. The molecule has 0 heterocycles. The van der Waals surface area contributed by atoms with Crippen LogP contribution in [-0.2, 0) is 9.59 Å². The van der Waals surface area contributed by atoms with Crippen molar-refractivity contribution in [3.8, 4) is 5.75 Å². The summed E-state index contributed by atoms with van der Waals surface area (Å²) in [5, 5.41) is 2.84. The molecular formula is C20H24N2O3S. The SMILES string of the molecule is CSc1ccccc1NC(=O)CN(C)C(=O)COc1ccc(C)c(C)c1. The molecule has 0 radical (unpaired) electrons. The van der Waals surface area contributed by atoms with Crippen molar-refractivity contribution in [3.05, 3.63) is 53.6 Å². The fourth-order valence-electron chi connectivity index (χ4n) is 2.30. The van der Waals surface area contributed by atoms with Gasteiger partial charge in [-0.3, -0.25) is 9.59 Å². The highest BCUT2D eigenvalue weighted by molar-refractivity contribution is 7.98. The highest BCUT2D eigenvalue weighted by Crippen LogP contribution is 2.24. The predicted molar refractivity (Wildman–Crippen MR) is 106 cm³/mol. The molecule has 6 heteroatoms. The molecule has 5 nitrogen and oxygen atoms in total. The summed E-state index contributed by atoms with van der Waals surface area (Å²) >= 11 is 1.56. The summed E-state index contributed by atoms with van der Waals surface area (Å²) < 4.78 is 5.53. The van der Waals surface area contributed by atoms with E-state index in [9.17, 15) is 9.59 Å². The van der Waals surface area contributed by atoms with Gasteiger partial charge in [-0.25, -0.2) is 0 Å². The molecule has 0 spiro atoms. The topological polar surface area (TPSA) is 58.6 Å². The first-order valence-corrected chi connectivity index (χ1v) is 9.50. The highest BCUT2D eigenvalue weighted by atomic mass is 32.2. The number of carbonyl (C=O) groups excluding carboxylic acids is 2. The van der Waals surface area contributed by atoms with E-state index in [1.54, 1.807) is 18.8 Å². The third kappa shape index (κ3) is 5.52. The summed E-state index contributed by atoms with van der Waals surface area (Å²) in [6.45, 7) is 3.88. The largest absolute Gasteiger partial charge is 0.484 e. The Kier molecular flexibility index (Phi) is 7.09. The van der Waals surface area contributed by atoms with Crippen molar-refractivity contribution in [1.82, 2.24) is 4.90 Å². The first-order chi connectivity index (χ1) is 12.4. The molecule has 1 N–H and O–H groups in total. The lowest BCUT2D eigenvalue weighted by molar-refractivity contribution is -0.135. The Morgan fingerprint density at radius 1 is 1.12 bits per heavy atom. The second-order valence-corrected chi connectivity index (χ2v) is 6.88. The van der Waals surface area contributed by atoms with Gasteiger partial charge in [-0.1, -0.05) is 18.2 Å². The molecule has 138 valence electrons. The van der Waals surface area contributed by atoms with Crippen LogP contribution in [0.5, 0.6) is 5.75 Å². The molecule has 0 aliphatic carbocycles. The number of nitrogens with zero attached hydrogens (tertiary/aromatic N) is 1. The first kappa shape index (κ1) is 19.8. The van der Waals surface area contributed by atoms with Gasteiger partial charge >= 0.3 is 0 Å². The first-order valence-electron chi connectivity index (χ1n) is 8.27. The summed E-state index contributed by atoms with van der Waals surface area (Å²) in [7, 11) is 1.59. The van der Waals surface area contributed by atoms with E-state index in [2.05, 4.69) is 5.32 Å². The van der Waals surface area contributed by atoms with Crippen molar-refractivity contribution < 1.29 is 14.3 Å². The van der Waals surface area contributed by atoms with Crippen LogP contribution < -0.4 is 10.1 Å². The van der Waals surface area contributed by atoms with E-state index in [0.717, 1.165) is 16.1 Å². The van der Waals surface area contributed by atoms with E-state index >= 15 is 0 Å². The summed E-state index contributed by atoms with van der Waals surface area (Å²) in [5.74, 6) is 0.151. The zero-order chi connectivity index (χ0) is 19.1. The number of nitrogens with one attached hydrogen (secondary N) is 1. The number of amides is 2. The molecule has 0 fully saturated rings. The smallest absolute Gasteiger partial charge is 0.260 e. The van der Waals surface area contributed by atoms with Gasteiger partial charge in [-0.15, -0.1) is 11.8 Å². The van der Waals surface area contributed by atoms with Crippen LogP contribution in [0.15, 0.2) is 47.4 Å². The summed E-state index contributed by atoms with van der Waals surface area (Å²) in [6, 6.07) is 13.2. The quantitative estimate of drug-likeness (QED) is 0.756. The molecular weight excluding hydrogens is 348 g/mol. The van der Waals surface area contributed by atoms with Crippen molar-refractivity contribution in [2.45, 2.75) is 18.7 Å². The van der Waals surface area contributed by atoms with Crippen molar-refractivity contribution in [2.24, 2.45) is 0 Å². The van der Waals surface area contributed by atoms with E-state index in [1.165, 1.54) is 10.5 Å². The molecule has 0 aliphatic rings. The number of benzene rings is 2. The third-order valence-electron chi connectivity index (χ3n) is 4.03. The molecule has 0 unspecified atom stereocenters. The van der Waals surface area contributed by atoms with Crippen molar-refractivity contribution in [3.63, 3.8) is 0 Å². The minimum Gasteiger partial charge on any atom is -0.484 e. The van der Waals surface area contributed by atoms with Crippen LogP contribution in [0.2, 0.25) is 0 Å². The standard InChI is InChI=1S/C20H24N2O3S/c1-14-9-10-16(11-15(14)2)25-13-20(24)22(3)12-19(23)21-17-7-5-6-8-18(17)26-4/h5-11H,12-13H2,1-4H3,(H,21,23). The maximum atomic E-state index is 12.2. The van der Waals surface area contributed by atoms with Gasteiger partial charge in [-0.2, -0.15) is 0 Å². The molecule has 0 aromatic heterocycles. The molecule has 0 bridgehead atoms. The van der Waals surface area contributed by atoms with E-state index in [0.29, 0.717) is 5.75 Å². The van der Waals surface area contributed by atoms with Gasteiger partial charge in [0.1, 0.15) is 5.75 Å². The Labute approximate surface area is 158 Å². The number of para-hydroxylation sites is 1. The lowest BCUT2D eigenvalue weighted by atomic mass is 10.1. The van der Waals surface area contributed by atoms with Crippen molar-refractivity contribution >= 4 is 29.3 Å². The average Bonchev–Trinajstić information content (AvgIpc) is 2.62. The fraction of sp³-hybridized carbons (Fsp3) is 0.300. The van der Waals surface area contributed by atoms with E-state index < -0.39 is 0 Å². The Morgan fingerprint density at radius 3 is 2.54 bits per heavy atom. The molecule has 2 aromatic carbocycles. The number of aryl methyl sites for hydroxylation is 2. The van der Waals surface area contributed by atoms with Gasteiger partial charge in [0.2, 0.25) is 5.91 Å². The third-order valence-corrected chi connectivity index (χ3v) is 4.82. The maximum Gasteiger partial charge on any atom is 0.260 e. The Bertz CT molecular complexity index is 792. The zero-order valence-electron chi connectivity index (χ0n) is 15.5. The highest BCUT2D eigenvalue weighted by Gasteiger charge is 2.15. The minimum absolute atomic E-state index is 0.0299. The molecule has 0 atom stereocenters. The molecule has 2 aromatic rings. The second kappa shape index (κ2) is 9.29. The monoisotopic (exact) mass is 372 g/mol. The van der Waals surface area contributed by atoms with E-state index in [-0.39, 0.29) is 25.0 Å². The number of anilines is 1. The van der Waals surface area contributed by atoms with Crippen LogP contribution in [0.1, 0.15) is 11.1 Å². The summed E-state index contributed by atoms with van der Waals surface area (Å²) in [5.41, 5.74) is 3.02. The van der Waals surface area contributed by atoms with Crippen LogP contribution >= 0.6 is 11.8 Å². The number of thioether (sulfide) groups is 1. The lowest BCUT2D eigenvalue weighted by Crippen LogP contribution is -2.37. The van der Waals surface area contributed by atoms with Crippen LogP contribution in [0.3, 0.4) is 0 Å². The lowest BCUT2D eigenvalue weighted by Gasteiger charge is -2.18. The van der Waals surface area contributed by atoms with Gasteiger partial charge in [-0.05, 0) is 55.5 Å². The number of carbonyl (C=O) groups is 2. The van der Waals surface area contributed by atoms with E-state index in [1.807, 2.05) is 62.6 Å². The normalized spacial score (nSPS) is 10.3. The zero-order valence-corrected chi connectivity index (χ0v) is 16.4. The number of hydrogen-bond donors (Lipinski definition) is 1. The van der Waals surface area contributed by atoms with Crippen LogP contribution in [0, 0.1) is 13.8 Å². The van der Waals surface area contributed by atoms with Gasteiger partial charge in [0.15, 0.2) is 6.61 Å². The van der Waals surface area contributed by atoms with Crippen LogP contribution in [-0.4, -0.2) is 43.2 Å². The summed E-state index contributed by atoms with van der Waals surface area (Å²) in [6.07, 6.45) is 1.95. The molecule has 2 amide bonds. The molecule has 26 heavy (non-hydrogen) atoms. The number of likely N-dealkylation sites (N-methyl/N-ethyl adjacent to an activating group) is 1. The molecule has 0 aliphatic heterocycles. The fourth-order valence-corrected chi connectivity index (χ4v) is 2.85. The van der Waals surface area contributed by atoms with Gasteiger partial charge in [0.05, 0.1) is 12.2 Å². The number of hydrogen-bond acceptors (Lipinski definition) is 4. The molecule has 0 saturated heterocycles. The number of rotatable bonds is 7. The van der Waals surface area contributed by atoms with Crippen LogP contribution in [0.4, 0.5) is 5.69 Å². The maximum absolute atomic E-state index is 12.2. The average molecular weight is 372 g/mol. The van der Waals surface area contributed by atoms with Crippen molar-refractivity contribution in [1.29, 1.82) is 0 Å². The summed E-state index contributed by atoms with van der Waals surface area (Å²) in [4.78, 5) is 26.7. The van der Waals surface area contributed by atoms with E-state index in [4.69, 9.17) is 4.74 Å². The minimum atomic E-state index is -0.253. The Hall–Kier alpha value is -2.47. The Morgan fingerprint density at radius 2 is 1.85 bits per heavy atom. The van der Waals surface area contributed by atoms with Crippen molar-refractivity contribution in [2.75, 3.05) is 31.8 Å². The predicted octanol–water partition coefficient (Wildman–Crippen LogP) is 3.50. The van der Waals surface area contributed by atoms with Gasteiger partial charge in [0.25, 0.3) is 5.91 Å². The van der Waals surface area contributed by atoms with Gasteiger partial charge < -0.3 is 15.0 Å². The van der Waals surface area contributed by atoms with Crippen LogP contribution in [0.25, 0.3) is 0 Å².